The minimum absolute atomic E-state index is 0.00162. The summed E-state index contributed by atoms with van der Waals surface area (Å²) in [7, 11) is 0. The van der Waals surface area contributed by atoms with E-state index in [1.165, 1.54) is 0 Å². The van der Waals surface area contributed by atoms with E-state index in [4.69, 9.17) is 10.2 Å². The lowest BCUT2D eigenvalue weighted by Gasteiger charge is -2.26. The van der Waals surface area contributed by atoms with Crippen molar-refractivity contribution in [2.75, 3.05) is 5.73 Å². The first kappa shape index (κ1) is 11.4. The van der Waals surface area contributed by atoms with Crippen molar-refractivity contribution in [1.82, 2.24) is 4.98 Å². The SMILES string of the molecule is Nc1ccc2oc(C3CCC(F)(F)CC3)nc2c1. The predicted octanol–water partition coefficient (Wildman–Crippen LogP) is 3.70. The Morgan fingerprint density at radius 2 is 2.00 bits per heavy atom. The fraction of sp³-hybridized carbons (Fsp3) is 0.462. The first-order valence-electron chi connectivity index (χ1n) is 6.07. The summed E-state index contributed by atoms with van der Waals surface area (Å²) in [5.74, 6) is -1.96. The summed E-state index contributed by atoms with van der Waals surface area (Å²) in [6, 6.07) is 5.24. The molecule has 0 unspecified atom stereocenters. The maximum Gasteiger partial charge on any atom is 0.248 e. The molecule has 0 amide bonds. The molecular weight excluding hydrogens is 238 g/mol. The number of halogens is 2. The standard InChI is InChI=1S/C13H14F2N2O/c14-13(15)5-3-8(4-6-13)12-17-10-7-9(16)1-2-11(10)18-12/h1-2,7-8H,3-6,16H2. The summed E-state index contributed by atoms with van der Waals surface area (Å²) in [6.45, 7) is 0. The van der Waals surface area contributed by atoms with Crippen LogP contribution in [0.1, 0.15) is 37.5 Å². The Hall–Kier alpha value is -1.65. The van der Waals surface area contributed by atoms with Gasteiger partial charge in [-0.05, 0) is 31.0 Å². The van der Waals surface area contributed by atoms with Crippen molar-refractivity contribution in [2.45, 2.75) is 37.5 Å². The molecule has 0 aliphatic heterocycles. The van der Waals surface area contributed by atoms with Crippen molar-refractivity contribution in [3.63, 3.8) is 0 Å². The Balaban J connectivity index is 1.87. The molecule has 1 heterocycles. The molecule has 0 atom stereocenters. The second-order valence-electron chi connectivity index (χ2n) is 4.91. The van der Waals surface area contributed by atoms with E-state index in [2.05, 4.69) is 4.98 Å². The zero-order valence-electron chi connectivity index (χ0n) is 9.83. The molecule has 3 rings (SSSR count). The molecule has 1 aromatic carbocycles. The van der Waals surface area contributed by atoms with Gasteiger partial charge in [-0.25, -0.2) is 13.8 Å². The number of benzene rings is 1. The Morgan fingerprint density at radius 3 is 2.72 bits per heavy atom. The van der Waals surface area contributed by atoms with E-state index < -0.39 is 5.92 Å². The zero-order chi connectivity index (χ0) is 12.8. The van der Waals surface area contributed by atoms with Gasteiger partial charge in [0, 0.05) is 24.4 Å². The first-order chi connectivity index (χ1) is 8.53. The van der Waals surface area contributed by atoms with Crippen molar-refractivity contribution >= 4 is 16.8 Å². The van der Waals surface area contributed by atoms with Crippen LogP contribution < -0.4 is 5.73 Å². The van der Waals surface area contributed by atoms with Crippen molar-refractivity contribution in [3.05, 3.63) is 24.1 Å². The largest absolute Gasteiger partial charge is 0.440 e. The van der Waals surface area contributed by atoms with Gasteiger partial charge in [0.15, 0.2) is 11.5 Å². The number of oxazole rings is 1. The zero-order valence-corrected chi connectivity index (χ0v) is 9.83. The number of nitrogen functional groups attached to an aromatic ring is 1. The van der Waals surface area contributed by atoms with Crippen LogP contribution in [-0.4, -0.2) is 10.9 Å². The van der Waals surface area contributed by atoms with E-state index in [-0.39, 0.29) is 18.8 Å². The Labute approximate surface area is 103 Å². The highest BCUT2D eigenvalue weighted by Crippen LogP contribution is 2.41. The fourth-order valence-electron chi connectivity index (χ4n) is 2.42. The summed E-state index contributed by atoms with van der Waals surface area (Å²) in [5.41, 5.74) is 7.65. The Bertz CT molecular complexity index is 569. The smallest absolute Gasteiger partial charge is 0.248 e. The van der Waals surface area contributed by atoms with Crippen molar-refractivity contribution in [2.24, 2.45) is 0 Å². The van der Waals surface area contributed by atoms with Crippen LogP contribution in [0.5, 0.6) is 0 Å². The number of hydrogen-bond acceptors (Lipinski definition) is 3. The molecule has 5 heteroatoms. The van der Waals surface area contributed by atoms with Crippen LogP contribution in [0.3, 0.4) is 0 Å². The normalized spacial score (nSPS) is 20.3. The lowest BCUT2D eigenvalue weighted by molar-refractivity contribution is -0.0397. The minimum atomic E-state index is -2.52. The number of aromatic nitrogens is 1. The molecule has 0 saturated heterocycles. The Kier molecular flexibility index (Phi) is 2.50. The number of alkyl halides is 2. The van der Waals surface area contributed by atoms with Crippen molar-refractivity contribution in [3.8, 4) is 0 Å². The van der Waals surface area contributed by atoms with E-state index in [1.807, 2.05) is 0 Å². The third kappa shape index (κ3) is 2.05. The van der Waals surface area contributed by atoms with E-state index in [1.54, 1.807) is 18.2 Å². The van der Waals surface area contributed by atoms with Gasteiger partial charge in [-0.1, -0.05) is 0 Å². The van der Waals surface area contributed by atoms with Gasteiger partial charge in [0.2, 0.25) is 5.92 Å². The third-order valence-electron chi connectivity index (χ3n) is 3.49. The Morgan fingerprint density at radius 1 is 1.28 bits per heavy atom. The van der Waals surface area contributed by atoms with Crippen molar-refractivity contribution in [1.29, 1.82) is 0 Å². The third-order valence-corrected chi connectivity index (χ3v) is 3.49. The maximum atomic E-state index is 13.1. The molecule has 96 valence electrons. The van der Waals surface area contributed by atoms with Gasteiger partial charge in [0.25, 0.3) is 0 Å². The fourth-order valence-corrected chi connectivity index (χ4v) is 2.42. The molecule has 1 saturated carbocycles. The summed E-state index contributed by atoms with van der Waals surface area (Å²) in [4.78, 5) is 4.35. The van der Waals surface area contributed by atoms with Crippen LogP contribution in [0.4, 0.5) is 14.5 Å². The minimum Gasteiger partial charge on any atom is -0.440 e. The maximum absolute atomic E-state index is 13.1. The lowest BCUT2D eigenvalue weighted by Crippen LogP contribution is -2.23. The second-order valence-corrected chi connectivity index (χ2v) is 4.91. The summed E-state index contributed by atoms with van der Waals surface area (Å²) in [5, 5.41) is 0. The van der Waals surface area contributed by atoms with Crippen LogP contribution in [0, 0.1) is 0 Å². The average Bonchev–Trinajstić information content (AvgIpc) is 2.71. The van der Waals surface area contributed by atoms with Gasteiger partial charge in [-0.3, -0.25) is 0 Å². The summed E-state index contributed by atoms with van der Waals surface area (Å²) >= 11 is 0. The van der Waals surface area contributed by atoms with Crippen LogP contribution >= 0.6 is 0 Å². The van der Waals surface area contributed by atoms with Gasteiger partial charge >= 0.3 is 0 Å². The number of nitrogens with two attached hydrogens (primary N) is 1. The molecule has 0 spiro atoms. The number of fused-ring (bicyclic) bond motifs is 1. The number of anilines is 1. The van der Waals surface area contributed by atoms with Gasteiger partial charge in [-0.15, -0.1) is 0 Å². The summed E-state index contributed by atoms with van der Waals surface area (Å²) < 4.78 is 31.8. The molecule has 18 heavy (non-hydrogen) atoms. The number of rotatable bonds is 1. The topological polar surface area (TPSA) is 52.0 Å². The predicted molar refractivity (Wildman–Crippen MR) is 64.6 cm³/mol. The lowest BCUT2D eigenvalue weighted by atomic mass is 9.87. The molecule has 1 aliphatic rings. The van der Waals surface area contributed by atoms with E-state index >= 15 is 0 Å². The van der Waals surface area contributed by atoms with Crippen LogP contribution in [0.2, 0.25) is 0 Å². The van der Waals surface area contributed by atoms with E-state index in [0.29, 0.717) is 35.5 Å². The highest BCUT2D eigenvalue weighted by atomic mass is 19.3. The van der Waals surface area contributed by atoms with Crippen molar-refractivity contribution < 1.29 is 13.2 Å². The molecular formula is C13H14F2N2O. The van der Waals surface area contributed by atoms with Gasteiger partial charge in [0.1, 0.15) is 5.52 Å². The molecule has 1 aromatic heterocycles. The number of hydrogen-bond donors (Lipinski definition) is 1. The van der Waals surface area contributed by atoms with Crippen LogP contribution in [-0.2, 0) is 0 Å². The quantitative estimate of drug-likeness (QED) is 0.787. The van der Waals surface area contributed by atoms with Crippen LogP contribution in [0.15, 0.2) is 22.6 Å². The molecule has 2 N–H and O–H groups in total. The molecule has 3 nitrogen and oxygen atoms in total. The van der Waals surface area contributed by atoms with Gasteiger partial charge in [-0.2, -0.15) is 0 Å². The van der Waals surface area contributed by atoms with E-state index in [9.17, 15) is 8.78 Å². The van der Waals surface area contributed by atoms with Gasteiger partial charge < -0.3 is 10.2 Å². The average molecular weight is 252 g/mol. The molecule has 0 bridgehead atoms. The highest BCUT2D eigenvalue weighted by Gasteiger charge is 2.37. The second kappa shape index (κ2) is 3.93. The van der Waals surface area contributed by atoms with E-state index in [0.717, 1.165) is 0 Å². The molecule has 1 fully saturated rings. The van der Waals surface area contributed by atoms with Crippen LogP contribution in [0.25, 0.3) is 11.1 Å². The molecule has 0 radical (unpaired) electrons. The first-order valence-corrected chi connectivity index (χ1v) is 6.07. The van der Waals surface area contributed by atoms with Gasteiger partial charge in [0.05, 0.1) is 0 Å². The molecule has 2 aromatic rings. The highest BCUT2D eigenvalue weighted by molar-refractivity contribution is 5.76. The molecule has 1 aliphatic carbocycles. The summed E-state index contributed by atoms with van der Waals surface area (Å²) in [6.07, 6.45) is 0.682. The number of nitrogens with zero attached hydrogens (tertiary/aromatic N) is 1. The monoisotopic (exact) mass is 252 g/mol.